The molecule has 2 atom stereocenters. The molecule has 1 aliphatic heterocycles. The van der Waals surface area contributed by atoms with Crippen molar-refractivity contribution in [1.82, 2.24) is 10.3 Å². The molecule has 9 heteroatoms. The highest BCUT2D eigenvalue weighted by atomic mass is 35.5. The van der Waals surface area contributed by atoms with Gasteiger partial charge < -0.3 is 5.32 Å². The molecule has 1 aromatic carbocycles. The van der Waals surface area contributed by atoms with Gasteiger partial charge in [-0.05, 0) is 36.4 Å². The number of nitrogens with one attached hydrogen (secondary N) is 1. The van der Waals surface area contributed by atoms with Gasteiger partial charge in [0.25, 0.3) is 0 Å². The fourth-order valence-corrected chi connectivity index (χ4v) is 7.69. The zero-order valence-corrected chi connectivity index (χ0v) is 15.6. The van der Waals surface area contributed by atoms with Crippen LogP contribution in [0.2, 0.25) is 5.02 Å². The molecule has 1 fully saturated rings. The van der Waals surface area contributed by atoms with Gasteiger partial charge >= 0.3 is 0 Å². The molecule has 134 valence electrons. The molecular weight excluding hydrogens is 384 g/mol. The first-order valence-corrected chi connectivity index (χ1v) is 11.4. The van der Waals surface area contributed by atoms with Gasteiger partial charge in [0.2, 0.25) is 0 Å². The zero-order valence-electron chi connectivity index (χ0n) is 13.2. The molecule has 1 N–H and O–H groups in total. The third kappa shape index (κ3) is 4.20. The van der Waals surface area contributed by atoms with Crippen LogP contribution in [0.5, 0.6) is 0 Å². The van der Waals surface area contributed by atoms with Crippen LogP contribution in [0, 0.1) is 0 Å². The minimum absolute atomic E-state index is 0.0728. The van der Waals surface area contributed by atoms with Crippen LogP contribution in [-0.2, 0) is 26.2 Å². The van der Waals surface area contributed by atoms with Crippen LogP contribution in [0.4, 0.5) is 0 Å². The van der Waals surface area contributed by atoms with Gasteiger partial charge in [0, 0.05) is 23.8 Å². The maximum Gasteiger partial charge on any atom is 0.183 e. The predicted octanol–water partition coefficient (Wildman–Crippen LogP) is 1.46. The van der Waals surface area contributed by atoms with Gasteiger partial charge in [0.15, 0.2) is 19.7 Å². The Bertz CT molecular complexity index is 945. The molecule has 1 aliphatic rings. The molecule has 2 heterocycles. The number of hydrogen-bond donors (Lipinski definition) is 1. The highest BCUT2D eigenvalue weighted by molar-refractivity contribution is 7.96. The quantitative estimate of drug-likeness (QED) is 0.816. The van der Waals surface area contributed by atoms with Crippen LogP contribution in [0.3, 0.4) is 0 Å². The number of rotatable bonds is 5. The van der Waals surface area contributed by atoms with Crippen LogP contribution in [0.1, 0.15) is 5.69 Å². The summed E-state index contributed by atoms with van der Waals surface area (Å²) in [7, 11) is -7.24. The maximum atomic E-state index is 12.9. The van der Waals surface area contributed by atoms with Crippen LogP contribution in [-0.4, -0.2) is 44.6 Å². The number of pyridine rings is 1. The van der Waals surface area contributed by atoms with Gasteiger partial charge in [-0.15, -0.1) is 0 Å². The molecule has 3 rings (SSSR count). The molecule has 25 heavy (non-hydrogen) atoms. The Balaban J connectivity index is 1.85. The van der Waals surface area contributed by atoms with Crippen LogP contribution < -0.4 is 5.32 Å². The number of nitrogens with zero attached hydrogens (tertiary/aromatic N) is 1. The summed E-state index contributed by atoms with van der Waals surface area (Å²) in [6.07, 6.45) is 1.63. The average molecular weight is 401 g/mol. The monoisotopic (exact) mass is 400 g/mol. The molecule has 6 nitrogen and oxygen atoms in total. The first-order valence-electron chi connectivity index (χ1n) is 7.61. The molecule has 0 bridgehead atoms. The molecule has 0 radical (unpaired) electrons. The fourth-order valence-electron chi connectivity index (χ4n) is 2.85. The fraction of sp³-hybridized carbons (Fsp3) is 0.312. The van der Waals surface area contributed by atoms with Gasteiger partial charge in [-0.1, -0.05) is 17.7 Å². The topological polar surface area (TPSA) is 93.2 Å². The smallest absolute Gasteiger partial charge is 0.183 e. The molecule has 1 aromatic heterocycles. The summed E-state index contributed by atoms with van der Waals surface area (Å²) in [5, 5.41) is 2.42. The van der Waals surface area contributed by atoms with Gasteiger partial charge in [-0.25, -0.2) is 16.8 Å². The van der Waals surface area contributed by atoms with Gasteiger partial charge in [-0.2, -0.15) is 0 Å². The second kappa shape index (κ2) is 7.03. The Labute approximate surface area is 152 Å². The third-order valence-electron chi connectivity index (χ3n) is 4.11. The zero-order chi connectivity index (χ0) is 18.1. The summed E-state index contributed by atoms with van der Waals surface area (Å²) in [6, 6.07) is 10.5. The third-order valence-corrected chi connectivity index (χ3v) is 8.53. The van der Waals surface area contributed by atoms with Crippen molar-refractivity contribution in [3.8, 4) is 0 Å². The van der Waals surface area contributed by atoms with E-state index in [1.165, 1.54) is 24.3 Å². The van der Waals surface area contributed by atoms with E-state index in [0.717, 1.165) is 5.69 Å². The van der Waals surface area contributed by atoms with E-state index in [1.807, 2.05) is 6.07 Å². The van der Waals surface area contributed by atoms with Crippen molar-refractivity contribution in [3.05, 3.63) is 59.4 Å². The van der Waals surface area contributed by atoms with Gasteiger partial charge in [0.1, 0.15) is 0 Å². The van der Waals surface area contributed by atoms with Crippen molar-refractivity contribution in [2.24, 2.45) is 0 Å². The van der Waals surface area contributed by atoms with E-state index in [1.54, 1.807) is 18.3 Å². The highest BCUT2D eigenvalue weighted by Gasteiger charge is 2.45. The summed E-state index contributed by atoms with van der Waals surface area (Å²) in [4.78, 5) is 4.23. The first-order chi connectivity index (χ1) is 11.8. The maximum absolute atomic E-state index is 12.9. The van der Waals surface area contributed by atoms with E-state index < -0.39 is 36.7 Å². The van der Waals surface area contributed by atoms with Crippen molar-refractivity contribution >= 4 is 31.3 Å². The molecule has 0 amide bonds. The summed E-state index contributed by atoms with van der Waals surface area (Å²) in [5.41, 5.74) is 0.717. The van der Waals surface area contributed by atoms with Crippen molar-refractivity contribution < 1.29 is 16.8 Å². The van der Waals surface area contributed by atoms with Crippen molar-refractivity contribution in [3.63, 3.8) is 0 Å². The lowest BCUT2D eigenvalue weighted by Crippen LogP contribution is -2.43. The van der Waals surface area contributed by atoms with E-state index >= 15 is 0 Å². The average Bonchev–Trinajstić information content (AvgIpc) is 2.90. The van der Waals surface area contributed by atoms with E-state index in [4.69, 9.17) is 11.6 Å². The minimum Gasteiger partial charge on any atom is -0.306 e. The van der Waals surface area contributed by atoms with Crippen LogP contribution >= 0.6 is 11.6 Å². The van der Waals surface area contributed by atoms with Gasteiger partial charge in [-0.3, -0.25) is 4.98 Å². The second-order valence-electron chi connectivity index (χ2n) is 5.92. The predicted molar refractivity (Wildman–Crippen MR) is 95.9 cm³/mol. The highest BCUT2D eigenvalue weighted by Crippen LogP contribution is 2.27. The van der Waals surface area contributed by atoms with Crippen molar-refractivity contribution in [2.75, 3.05) is 11.5 Å². The molecule has 0 saturated carbocycles. The minimum atomic E-state index is -3.80. The number of benzene rings is 1. The standard InChI is InChI=1S/C16H17ClN2O4S2/c17-12-4-6-14(7-5-12)25(22,23)16-11-24(20,21)10-15(16)19-9-13-3-1-2-8-18-13/h1-8,15-16,19H,9-11H2. The van der Waals surface area contributed by atoms with Crippen LogP contribution in [0.25, 0.3) is 0 Å². The van der Waals surface area contributed by atoms with Gasteiger partial charge in [0.05, 0.1) is 27.3 Å². The number of aromatic nitrogens is 1. The lowest BCUT2D eigenvalue weighted by atomic mass is 10.2. The molecule has 2 aromatic rings. The number of sulfone groups is 2. The Morgan fingerprint density at radius 3 is 2.48 bits per heavy atom. The largest absolute Gasteiger partial charge is 0.306 e. The van der Waals surface area contributed by atoms with Crippen LogP contribution in [0.15, 0.2) is 53.6 Å². The van der Waals surface area contributed by atoms with E-state index in [-0.39, 0.29) is 10.6 Å². The SMILES string of the molecule is O=S1(=O)CC(NCc2ccccn2)C(S(=O)(=O)c2ccc(Cl)cc2)C1. The lowest BCUT2D eigenvalue weighted by molar-refractivity contribution is 0.523. The normalized spacial score (nSPS) is 22.8. The van der Waals surface area contributed by atoms with E-state index in [2.05, 4.69) is 10.3 Å². The first kappa shape index (κ1) is 18.3. The second-order valence-corrected chi connectivity index (χ2v) is 10.7. The molecular formula is C16H17ClN2O4S2. The molecule has 0 aliphatic carbocycles. The van der Waals surface area contributed by atoms with Crippen molar-refractivity contribution in [2.45, 2.75) is 22.7 Å². The Morgan fingerprint density at radius 2 is 1.84 bits per heavy atom. The Hall–Kier alpha value is -1.48. The molecule has 0 spiro atoms. The summed E-state index contributed by atoms with van der Waals surface area (Å²) >= 11 is 5.80. The number of halogens is 1. The van der Waals surface area contributed by atoms with Crippen molar-refractivity contribution in [1.29, 1.82) is 0 Å². The number of hydrogen-bond acceptors (Lipinski definition) is 6. The lowest BCUT2D eigenvalue weighted by Gasteiger charge is -2.20. The Kier molecular flexibility index (Phi) is 5.15. The summed E-state index contributed by atoms with van der Waals surface area (Å²) in [5.74, 6) is -0.602. The summed E-state index contributed by atoms with van der Waals surface area (Å²) < 4.78 is 49.9. The summed E-state index contributed by atoms with van der Waals surface area (Å²) in [6.45, 7) is 0.299. The molecule has 2 unspecified atom stereocenters. The Morgan fingerprint density at radius 1 is 1.12 bits per heavy atom. The van der Waals surface area contributed by atoms with E-state index in [9.17, 15) is 16.8 Å². The molecule has 1 saturated heterocycles. The van der Waals surface area contributed by atoms with E-state index in [0.29, 0.717) is 11.6 Å².